The number of benzene rings is 1. The Kier molecular flexibility index (Phi) is 4.64. The number of hydrogen-bond donors (Lipinski definition) is 1. The minimum absolute atomic E-state index is 0.360. The van der Waals surface area contributed by atoms with Crippen LogP contribution in [0.25, 0.3) is 0 Å². The fourth-order valence-electron chi connectivity index (χ4n) is 2.86. The van der Waals surface area contributed by atoms with E-state index in [9.17, 15) is 0 Å². The number of likely N-dealkylation sites (tertiary alicyclic amines) is 1. The van der Waals surface area contributed by atoms with E-state index in [1.54, 1.807) is 0 Å². The highest BCUT2D eigenvalue weighted by molar-refractivity contribution is 5.27. The van der Waals surface area contributed by atoms with Crippen LogP contribution in [0.1, 0.15) is 51.7 Å². The number of nitrogens with one attached hydrogen (secondary N) is 1. The molecule has 0 amide bonds. The van der Waals surface area contributed by atoms with Gasteiger partial charge in [-0.05, 0) is 44.4 Å². The average molecular weight is 260 g/mol. The maximum atomic E-state index is 3.53. The summed E-state index contributed by atoms with van der Waals surface area (Å²) in [6.45, 7) is 12.4. The van der Waals surface area contributed by atoms with E-state index < -0.39 is 0 Å². The molecule has 0 aliphatic carbocycles. The van der Waals surface area contributed by atoms with Gasteiger partial charge in [-0.2, -0.15) is 0 Å². The molecule has 2 rings (SSSR count). The molecule has 1 heterocycles. The van der Waals surface area contributed by atoms with E-state index in [0.29, 0.717) is 11.6 Å². The predicted molar refractivity (Wildman–Crippen MR) is 82.1 cm³/mol. The summed E-state index contributed by atoms with van der Waals surface area (Å²) in [5.41, 5.74) is 3.28. The molecule has 0 radical (unpaired) electrons. The van der Waals surface area contributed by atoms with Crippen molar-refractivity contribution in [3.8, 4) is 0 Å². The van der Waals surface area contributed by atoms with Crippen LogP contribution in [0.3, 0.4) is 0 Å². The van der Waals surface area contributed by atoms with Crippen LogP contribution in [-0.4, -0.2) is 23.0 Å². The van der Waals surface area contributed by atoms with E-state index >= 15 is 0 Å². The molecule has 0 unspecified atom stereocenters. The molecule has 1 aromatic carbocycles. The first-order valence-electron chi connectivity index (χ1n) is 7.54. The molecule has 0 atom stereocenters. The Morgan fingerprint density at radius 1 is 1.21 bits per heavy atom. The van der Waals surface area contributed by atoms with Crippen LogP contribution in [0.2, 0.25) is 0 Å². The van der Waals surface area contributed by atoms with Crippen molar-refractivity contribution < 1.29 is 0 Å². The predicted octanol–water partition coefficient (Wildman–Crippen LogP) is 3.56. The van der Waals surface area contributed by atoms with E-state index in [1.165, 1.54) is 30.5 Å². The molecule has 0 aromatic heterocycles. The lowest BCUT2D eigenvalue weighted by Crippen LogP contribution is -2.37. The normalized spacial score (nSPS) is 19.2. The smallest absolute Gasteiger partial charge is 0.0242 e. The van der Waals surface area contributed by atoms with Crippen LogP contribution < -0.4 is 5.32 Å². The first-order chi connectivity index (χ1) is 8.99. The highest BCUT2D eigenvalue weighted by Gasteiger charge is 2.31. The fourth-order valence-corrected chi connectivity index (χ4v) is 2.86. The van der Waals surface area contributed by atoms with Gasteiger partial charge in [-0.1, -0.05) is 38.1 Å². The summed E-state index contributed by atoms with van der Waals surface area (Å²) >= 11 is 0. The maximum Gasteiger partial charge on any atom is 0.0242 e. The first kappa shape index (κ1) is 14.5. The summed E-state index contributed by atoms with van der Waals surface area (Å²) in [6.07, 6.45) is 2.65. The summed E-state index contributed by atoms with van der Waals surface area (Å²) in [5.74, 6) is 0. The zero-order valence-electron chi connectivity index (χ0n) is 12.9. The minimum atomic E-state index is 0.360. The second-order valence-corrected chi connectivity index (χ2v) is 6.64. The van der Waals surface area contributed by atoms with Gasteiger partial charge >= 0.3 is 0 Å². The van der Waals surface area contributed by atoms with Crippen LogP contribution in [0.15, 0.2) is 24.3 Å². The largest absolute Gasteiger partial charge is 0.310 e. The van der Waals surface area contributed by atoms with Crippen molar-refractivity contribution in [1.82, 2.24) is 10.2 Å². The lowest BCUT2D eigenvalue weighted by Gasteiger charge is -2.32. The Balaban J connectivity index is 2.07. The molecule has 106 valence electrons. The monoisotopic (exact) mass is 260 g/mol. The van der Waals surface area contributed by atoms with Gasteiger partial charge in [0.15, 0.2) is 0 Å². The lowest BCUT2D eigenvalue weighted by molar-refractivity contribution is 0.166. The zero-order chi connectivity index (χ0) is 13.9. The molecule has 1 saturated heterocycles. The van der Waals surface area contributed by atoms with Crippen molar-refractivity contribution in [3.63, 3.8) is 0 Å². The highest BCUT2D eigenvalue weighted by atomic mass is 15.2. The van der Waals surface area contributed by atoms with E-state index in [1.807, 2.05) is 0 Å². The zero-order valence-corrected chi connectivity index (χ0v) is 12.9. The van der Waals surface area contributed by atoms with E-state index in [4.69, 9.17) is 0 Å². The van der Waals surface area contributed by atoms with Gasteiger partial charge in [-0.15, -0.1) is 0 Å². The van der Waals surface area contributed by atoms with Gasteiger partial charge in [-0.3, -0.25) is 4.90 Å². The SMILES string of the molecule is CC(C)NCc1ccccc1CN1CCCC1(C)C. The average Bonchev–Trinajstić information content (AvgIpc) is 2.68. The minimum Gasteiger partial charge on any atom is -0.310 e. The topological polar surface area (TPSA) is 15.3 Å². The third kappa shape index (κ3) is 3.80. The van der Waals surface area contributed by atoms with E-state index in [-0.39, 0.29) is 0 Å². The van der Waals surface area contributed by atoms with Gasteiger partial charge in [0.05, 0.1) is 0 Å². The number of hydrogen-bond acceptors (Lipinski definition) is 2. The standard InChI is InChI=1S/C17H28N2/c1-14(2)18-12-15-8-5-6-9-16(15)13-19-11-7-10-17(19,3)4/h5-6,8-9,14,18H,7,10-13H2,1-4H3. The molecular weight excluding hydrogens is 232 g/mol. The lowest BCUT2D eigenvalue weighted by atomic mass is 10.0. The molecule has 2 nitrogen and oxygen atoms in total. The Morgan fingerprint density at radius 2 is 1.89 bits per heavy atom. The molecule has 0 saturated carbocycles. The second kappa shape index (κ2) is 6.06. The number of rotatable bonds is 5. The Labute approximate surface area is 118 Å². The van der Waals surface area contributed by atoms with Crippen LogP contribution in [0, 0.1) is 0 Å². The molecule has 1 aromatic rings. The fraction of sp³-hybridized carbons (Fsp3) is 0.647. The molecule has 0 bridgehead atoms. The molecule has 0 spiro atoms. The van der Waals surface area contributed by atoms with Crippen molar-refractivity contribution in [2.24, 2.45) is 0 Å². The van der Waals surface area contributed by atoms with Crippen molar-refractivity contribution in [1.29, 1.82) is 0 Å². The van der Waals surface area contributed by atoms with Gasteiger partial charge in [0, 0.05) is 24.7 Å². The summed E-state index contributed by atoms with van der Waals surface area (Å²) < 4.78 is 0. The van der Waals surface area contributed by atoms with Gasteiger partial charge in [0.2, 0.25) is 0 Å². The molecule has 2 heteroatoms. The highest BCUT2D eigenvalue weighted by Crippen LogP contribution is 2.30. The molecule has 1 aliphatic heterocycles. The van der Waals surface area contributed by atoms with Crippen molar-refractivity contribution in [3.05, 3.63) is 35.4 Å². The van der Waals surface area contributed by atoms with Crippen molar-refractivity contribution in [2.45, 2.75) is 65.2 Å². The molecular formula is C17H28N2. The molecule has 1 N–H and O–H groups in total. The van der Waals surface area contributed by atoms with Crippen LogP contribution in [-0.2, 0) is 13.1 Å². The Hall–Kier alpha value is -0.860. The van der Waals surface area contributed by atoms with Gasteiger partial charge in [-0.25, -0.2) is 0 Å². The third-order valence-corrected chi connectivity index (χ3v) is 4.25. The molecule has 1 aliphatic rings. The van der Waals surface area contributed by atoms with Crippen molar-refractivity contribution >= 4 is 0 Å². The molecule has 19 heavy (non-hydrogen) atoms. The second-order valence-electron chi connectivity index (χ2n) is 6.64. The third-order valence-electron chi connectivity index (χ3n) is 4.25. The molecule has 1 fully saturated rings. The van der Waals surface area contributed by atoms with E-state index in [0.717, 1.165) is 13.1 Å². The van der Waals surface area contributed by atoms with Crippen LogP contribution in [0.4, 0.5) is 0 Å². The summed E-state index contributed by atoms with van der Waals surface area (Å²) in [6, 6.07) is 9.39. The van der Waals surface area contributed by atoms with E-state index in [2.05, 4.69) is 62.2 Å². The first-order valence-corrected chi connectivity index (χ1v) is 7.54. The van der Waals surface area contributed by atoms with Gasteiger partial charge in [0.25, 0.3) is 0 Å². The van der Waals surface area contributed by atoms with Crippen molar-refractivity contribution in [2.75, 3.05) is 6.54 Å². The summed E-state index contributed by atoms with van der Waals surface area (Å²) in [5, 5.41) is 3.53. The van der Waals surface area contributed by atoms with Gasteiger partial charge < -0.3 is 5.32 Å². The Morgan fingerprint density at radius 3 is 2.47 bits per heavy atom. The number of nitrogens with zero attached hydrogens (tertiary/aromatic N) is 1. The van der Waals surface area contributed by atoms with Gasteiger partial charge in [0.1, 0.15) is 0 Å². The summed E-state index contributed by atoms with van der Waals surface area (Å²) in [4.78, 5) is 2.63. The maximum absolute atomic E-state index is 3.53. The van der Waals surface area contributed by atoms with Crippen LogP contribution in [0.5, 0.6) is 0 Å². The Bertz CT molecular complexity index is 409. The van der Waals surface area contributed by atoms with Crippen LogP contribution >= 0.6 is 0 Å². The summed E-state index contributed by atoms with van der Waals surface area (Å²) in [7, 11) is 0. The quantitative estimate of drug-likeness (QED) is 0.871.